The van der Waals surface area contributed by atoms with E-state index >= 15 is 0 Å². The highest BCUT2D eigenvalue weighted by molar-refractivity contribution is 6.26. The Labute approximate surface area is 167 Å². The summed E-state index contributed by atoms with van der Waals surface area (Å²) >= 11 is 6.26. The van der Waals surface area contributed by atoms with Gasteiger partial charge in [0.25, 0.3) is 0 Å². The number of nitrogens with one attached hydrogen (secondary N) is 2. The number of nitrogens with two attached hydrogens (primary N) is 1. The van der Waals surface area contributed by atoms with Crippen LogP contribution in [0.4, 0.5) is 30.2 Å². The second-order valence-electron chi connectivity index (χ2n) is 7.27. The topological polar surface area (TPSA) is 50.1 Å². The van der Waals surface area contributed by atoms with E-state index in [9.17, 15) is 13.2 Å². The zero-order chi connectivity index (χ0) is 20.8. The zero-order valence-electron chi connectivity index (χ0n) is 15.6. The second kappa shape index (κ2) is 7.09. The van der Waals surface area contributed by atoms with Crippen LogP contribution >= 0.6 is 11.6 Å². The van der Waals surface area contributed by atoms with Gasteiger partial charge in [-0.3, -0.25) is 0 Å². The Morgan fingerprint density at radius 2 is 1.75 bits per heavy atom. The van der Waals surface area contributed by atoms with Crippen molar-refractivity contribution in [3.05, 3.63) is 71.7 Å². The Bertz CT molecular complexity index is 985. The lowest BCUT2D eigenvalue weighted by atomic mass is 10.0. The number of allylic oxidation sites excluding steroid dienone is 1. The van der Waals surface area contributed by atoms with Crippen LogP contribution in [0.5, 0.6) is 0 Å². The van der Waals surface area contributed by atoms with Gasteiger partial charge in [-0.25, -0.2) is 13.2 Å². The van der Waals surface area contributed by atoms with E-state index in [1.165, 1.54) is 6.07 Å². The van der Waals surface area contributed by atoms with E-state index in [-0.39, 0.29) is 27.9 Å². The summed E-state index contributed by atoms with van der Waals surface area (Å²) in [7, 11) is 0. The van der Waals surface area contributed by atoms with E-state index in [0.717, 1.165) is 12.5 Å². The van der Waals surface area contributed by atoms with Gasteiger partial charge in [0.2, 0.25) is 0 Å². The lowest BCUT2D eigenvalue weighted by molar-refractivity contribution is 0.589. The number of halogens is 4. The first-order chi connectivity index (χ1) is 13.0. The summed E-state index contributed by atoms with van der Waals surface area (Å²) in [5.41, 5.74) is 7.41. The van der Waals surface area contributed by atoms with Gasteiger partial charge in [0.05, 0.1) is 16.2 Å². The van der Waals surface area contributed by atoms with Crippen LogP contribution in [0, 0.1) is 30.3 Å². The minimum Gasteiger partial charge on any atom is -0.396 e. The van der Waals surface area contributed by atoms with Crippen LogP contribution in [-0.2, 0) is 0 Å². The third kappa shape index (κ3) is 3.97. The van der Waals surface area contributed by atoms with Crippen LogP contribution < -0.4 is 16.4 Å². The second-order valence-corrected chi connectivity index (χ2v) is 8.14. The highest BCUT2D eigenvalue weighted by Crippen LogP contribution is 2.52. The number of anilines is 3. The molecule has 7 heteroatoms. The Hall–Kier alpha value is -2.60. The largest absolute Gasteiger partial charge is 0.396 e. The molecule has 2 unspecified atom stereocenters. The zero-order valence-corrected chi connectivity index (χ0v) is 16.4. The normalized spacial score (nSPS) is 20.6. The van der Waals surface area contributed by atoms with Crippen LogP contribution in [0.25, 0.3) is 5.70 Å². The van der Waals surface area contributed by atoms with Gasteiger partial charge in [-0.1, -0.05) is 13.2 Å². The van der Waals surface area contributed by atoms with Crippen molar-refractivity contribution in [1.29, 1.82) is 0 Å². The molecule has 1 saturated carbocycles. The van der Waals surface area contributed by atoms with Crippen molar-refractivity contribution >= 4 is 34.4 Å². The number of benzene rings is 2. The molecule has 1 fully saturated rings. The first kappa shape index (κ1) is 20.1. The van der Waals surface area contributed by atoms with Crippen molar-refractivity contribution < 1.29 is 13.2 Å². The van der Waals surface area contributed by atoms with E-state index < -0.39 is 17.5 Å². The van der Waals surface area contributed by atoms with Crippen molar-refractivity contribution in [3.63, 3.8) is 0 Å². The van der Waals surface area contributed by atoms with Gasteiger partial charge in [-0.15, -0.1) is 11.6 Å². The molecule has 4 N–H and O–H groups in total. The fraction of sp³-hybridized carbons (Fsp3) is 0.238. The van der Waals surface area contributed by atoms with Crippen LogP contribution in [0.2, 0.25) is 0 Å². The molecule has 148 valence electrons. The van der Waals surface area contributed by atoms with Crippen molar-refractivity contribution in [3.8, 4) is 0 Å². The molecule has 0 spiro atoms. The lowest BCUT2D eigenvalue weighted by Crippen LogP contribution is -2.08. The Balaban J connectivity index is 1.85. The average molecular weight is 408 g/mol. The molecule has 1 aliphatic rings. The summed E-state index contributed by atoms with van der Waals surface area (Å²) < 4.78 is 41.8. The summed E-state index contributed by atoms with van der Waals surface area (Å²) in [5, 5.41) is 5.82. The van der Waals surface area contributed by atoms with E-state index in [1.807, 2.05) is 6.92 Å². The number of nitrogen functional groups attached to an aromatic ring is 1. The molecule has 0 bridgehead atoms. The summed E-state index contributed by atoms with van der Waals surface area (Å²) in [6.07, 6.45) is 0.793. The molecule has 1 aliphatic carbocycles. The fourth-order valence-corrected chi connectivity index (χ4v) is 3.34. The van der Waals surface area contributed by atoms with Gasteiger partial charge in [0, 0.05) is 34.6 Å². The van der Waals surface area contributed by atoms with Crippen LogP contribution in [-0.4, -0.2) is 4.87 Å². The van der Waals surface area contributed by atoms with Gasteiger partial charge in [-0.05, 0) is 44.0 Å². The molecule has 2 atom stereocenters. The minimum absolute atomic E-state index is 0.0534. The third-order valence-corrected chi connectivity index (χ3v) is 5.35. The first-order valence-corrected chi connectivity index (χ1v) is 9.03. The predicted molar refractivity (Wildman–Crippen MR) is 110 cm³/mol. The first-order valence-electron chi connectivity index (χ1n) is 8.65. The van der Waals surface area contributed by atoms with E-state index in [2.05, 4.69) is 23.8 Å². The molecule has 2 aromatic rings. The molecule has 28 heavy (non-hydrogen) atoms. The molecule has 0 saturated heterocycles. The van der Waals surface area contributed by atoms with E-state index in [0.29, 0.717) is 28.6 Å². The van der Waals surface area contributed by atoms with Gasteiger partial charge in [0.1, 0.15) is 17.5 Å². The molecule has 0 amide bonds. The molecule has 0 heterocycles. The van der Waals surface area contributed by atoms with Crippen molar-refractivity contribution in [2.24, 2.45) is 5.92 Å². The molecule has 3 rings (SSSR count). The van der Waals surface area contributed by atoms with E-state index in [1.54, 1.807) is 13.0 Å². The summed E-state index contributed by atoms with van der Waals surface area (Å²) in [5.74, 6) is -2.05. The molecule has 2 aromatic carbocycles. The summed E-state index contributed by atoms with van der Waals surface area (Å²) in [6, 6.07) is 4.83. The minimum atomic E-state index is -0.855. The molecule has 0 aromatic heterocycles. The maximum absolute atomic E-state index is 14.4. The monoisotopic (exact) mass is 407 g/mol. The number of hydrogen-bond donors (Lipinski definition) is 3. The van der Waals surface area contributed by atoms with Crippen LogP contribution in [0.3, 0.4) is 0 Å². The molecular weight excluding hydrogens is 387 g/mol. The van der Waals surface area contributed by atoms with Crippen molar-refractivity contribution in [1.82, 2.24) is 0 Å². The highest BCUT2D eigenvalue weighted by atomic mass is 35.5. The SMILES string of the molecule is C=C(Nc1cc(N)c(F)cc1F)c1cc(NC(=C)C2CC2(C)Cl)cc(F)c1C. The van der Waals surface area contributed by atoms with E-state index in [4.69, 9.17) is 17.3 Å². The van der Waals surface area contributed by atoms with Crippen molar-refractivity contribution in [2.45, 2.75) is 25.1 Å². The number of hydrogen-bond acceptors (Lipinski definition) is 3. The van der Waals surface area contributed by atoms with Gasteiger partial charge >= 0.3 is 0 Å². The summed E-state index contributed by atoms with van der Waals surface area (Å²) in [6.45, 7) is 11.3. The number of rotatable bonds is 6. The molecule has 0 aliphatic heterocycles. The van der Waals surface area contributed by atoms with Crippen molar-refractivity contribution in [2.75, 3.05) is 16.4 Å². The third-order valence-electron chi connectivity index (χ3n) is 4.94. The Kier molecular flexibility index (Phi) is 5.10. The predicted octanol–water partition coefficient (Wildman–Crippen LogP) is 6.02. The Morgan fingerprint density at radius 3 is 2.36 bits per heavy atom. The average Bonchev–Trinajstić information content (AvgIpc) is 3.24. The maximum Gasteiger partial charge on any atom is 0.149 e. The maximum atomic E-state index is 14.4. The molecule has 3 nitrogen and oxygen atoms in total. The Morgan fingerprint density at radius 1 is 1.11 bits per heavy atom. The quantitative estimate of drug-likeness (QED) is 0.405. The highest BCUT2D eigenvalue weighted by Gasteiger charge is 2.50. The van der Waals surface area contributed by atoms with Gasteiger partial charge in [0.15, 0.2) is 0 Å². The summed E-state index contributed by atoms with van der Waals surface area (Å²) in [4.78, 5) is -0.332. The number of alkyl halides is 1. The lowest BCUT2D eigenvalue weighted by Gasteiger charge is -2.17. The molecular formula is C21H21ClF3N3. The smallest absolute Gasteiger partial charge is 0.149 e. The van der Waals surface area contributed by atoms with Gasteiger partial charge in [-0.2, -0.15) is 0 Å². The van der Waals surface area contributed by atoms with Gasteiger partial charge < -0.3 is 16.4 Å². The standard InChI is InChI=1S/C21H21ClF3N3/c1-10-14(11(2)28-20-8-19(26)17(24)7-18(20)25)5-13(6-16(10)23)27-12(3)15-9-21(15,4)22/h5-8,15,27-28H,2-3,9,26H2,1,4H3. The van der Waals surface area contributed by atoms with Crippen LogP contribution in [0.1, 0.15) is 24.5 Å². The molecule has 0 radical (unpaired) electrons. The fourth-order valence-electron chi connectivity index (χ4n) is 3.06. The van der Waals surface area contributed by atoms with Crippen LogP contribution in [0.15, 0.2) is 43.1 Å².